The molecule has 4 heteroatoms. The van der Waals surface area contributed by atoms with Crippen LogP contribution in [0.4, 0.5) is 0 Å². The third-order valence-corrected chi connectivity index (χ3v) is 11.3. The van der Waals surface area contributed by atoms with E-state index in [9.17, 15) is 0 Å². The standard InChI is InChI=1S/C16H40N2Si2/c1-13(2,3)17(14(4,5)6)20(19)18(15(7,8)9)16(10,11)12/h20H,1-12,19H3. The molecule has 0 bridgehead atoms. The molecule has 0 N–H and O–H groups in total. The summed E-state index contributed by atoms with van der Waals surface area (Å²) >= 11 is 0. The molecule has 0 atom stereocenters. The first-order chi connectivity index (χ1) is 8.40. The van der Waals surface area contributed by atoms with E-state index >= 15 is 0 Å². The molecule has 0 aromatic heterocycles. The Labute approximate surface area is 133 Å². The van der Waals surface area contributed by atoms with Crippen molar-refractivity contribution in [1.82, 2.24) is 9.13 Å². The molecular weight excluding hydrogens is 276 g/mol. The van der Waals surface area contributed by atoms with E-state index in [0.717, 1.165) is 0 Å². The molecule has 0 saturated heterocycles. The summed E-state index contributed by atoms with van der Waals surface area (Å²) in [5.74, 6) is 0. The zero-order valence-corrected chi connectivity index (χ0v) is 19.6. The fourth-order valence-electron chi connectivity index (χ4n) is 4.37. The molecule has 0 rings (SSSR count). The van der Waals surface area contributed by atoms with Crippen molar-refractivity contribution in [2.45, 2.75) is 105 Å². The van der Waals surface area contributed by atoms with Gasteiger partial charge in [0, 0.05) is 31.9 Å². The van der Waals surface area contributed by atoms with Gasteiger partial charge < -0.3 is 9.13 Å². The highest BCUT2D eigenvalue weighted by molar-refractivity contribution is 7.00. The van der Waals surface area contributed by atoms with Crippen molar-refractivity contribution in [3.63, 3.8) is 0 Å². The van der Waals surface area contributed by atoms with E-state index in [1.165, 1.54) is 9.76 Å². The van der Waals surface area contributed by atoms with E-state index in [1.807, 2.05) is 0 Å². The first-order valence-corrected chi connectivity index (χ1v) is 13.6. The van der Waals surface area contributed by atoms with Crippen LogP contribution in [0.1, 0.15) is 83.1 Å². The lowest BCUT2D eigenvalue weighted by Crippen LogP contribution is -2.72. The molecule has 0 aliphatic heterocycles. The molecule has 0 aliphatic carbocycles. The Morgan fingerprint density at radius 3 is 0.750 bits per heavy atom. The van der Waals surface area contributed by atoms with E-state index in [-0.39, 0.29) is 22.2 Å². The van der Waals surface area contributed by atoms with Gasteiger partial charge in [0.2, 0.25) is 0 Å². The van der Waals surface area contributed by atoms with Gasteiger partial charge in [0.15, 0.2) is 8.64 Å². The summed E-state index contributed by atoms with van der Waals surface area (Å²) in [6.45, 7) is 28.5. The van der Waals surface area contributed by atoms with Crippen molar-refractivity contribution in [2.24, 2.45) is 0 Å². The maximum absolute atomic E-state index is 2.84. The summed E-state index contributed by atoms with van der Waals surface area (Å²) < 4.78 is 5.67. The predicted molar refractivity (Wildman–Crippen MR) is 99.8 cm³/mol. The zero-order valence-electron chi connectivity index (χ0n) is 16.5. The van der Waals surface area contributed by atoms with Crippen LogP contribution in [0.2, 0.25) is 0 Å². The Morgan fingerprint density at radius 1 is 0.500 bits per heavy atom. The monoisotopic (exact) mass is 316 g/mol. The summed E-state index contributed by atoms with van der Waals surface area (Å²) in [5.41, 5.74) is 0.911. The van der Waals surface area contributed by atoms with Gasteiger partial charge in [-0.05, 0) is 83.1 Å². The molecule has 0 unspecified atom stereocenters. The second kappa shape index (κ2) is 5.86. The van der Waals surface area contributed by atoms with Gasteiger partial charge in [-0.2, -0.15) is 0 Å². The topological polar surface area (TPSA) is 6.48 Å². The van der Waals surface area contributed by atoms with Gasteiger partial charge in [-0.3, -0.25) is 0 Å². The number of nitrogens with zero attached hydrogens (tertiary/aromatic N) is 2. The van der Waals surface area contributed by atoms with E-state index in [4.69, 9.17) is 0 Å². The molecule has 0 fully saturated rings. The minimum atomic E-state index is -1.13. The Balaban J connectivity index is 5.81. The van der Waals surface area contributed by atoms with E-state index < -0.39 is 8.64 Å². The summed E-state index contributed by atoms with van der Waals surface area (Å²) in [5, 5.41) is 0. The van der Waals surface area contributed by atoms with Crippen LogP contribution in [-0.2, 0) is 0 Å². The third-order valence-electron chi connectivity index (χ3n) is 3.64. The zero-order chi connectivity index (χ0) is 16.7. The van der Waals surface area contributed by atoms with Crippen LogP contribution in [0.15, 0.2) is 0 Å². The van der Waals surface area contributed by atoms with Crippen molar-refractivity contribution < 1.29 is 0 Å². The normalized spacial score (nSPS) is 15.8. The van der Waals surface area contributed by atoms with Gasteiger partial charge in [0.05, 0.1) is 0 Å². The summed E-state index contributed by atoms with van der Waals surface area (Å²) in [4.78, 5) is 0. The summed E-state index contributed by atoms with van der Waals surface area (Å²) in [6.07, 6.45) is 0. The number of hydrogen-bond donors (Lipinski definition) is 0. The molecule has 0 heterocycles. The first-order valence-electron chi connectivity index (χ1n) is 7.99. The smallest absolute Gasteiger partial charge is 0.166 e. The molecule has 0 saturated carbocycles. The summed E-state index contributed by atoms with van der Waals surface area (Å²) in [6, 6.07) is 0. The molecule has 0 spiro atoms. The average Bonchev–Trinajstić information content (AvgIpc) is 1.88. The molecule has 2 nitrogen and oxygen atoms in total. The minimum absolute atomic E-state index is 0.228. The van der Waals surface area contributed by atoms with Crippen LogP contribution in [0, 0.1) is 0 Å². The van der Waals surface area contributed by atoms with Gasteiger partial charge in [0.25, 0.3) is 0 Å². The van der Waals surface area contributed by atoms with Crippen molar-refractivity contribution in [1.29, 1.82) is 0 Å². The quantitative estimate of drug-likeness (QED) is 0.723. The number of rotatable bonds is 2. The molecule has 122 valence electrons. The van der Waals surface area contributed by atoms with Crippen LogP contribution in [0.5, 0.6) is 0 Å². The van der Waals surface area contributed by atoms with Gasteiger partial charge in [0.1, 0.15) is 0 Å². The van der Waals surface area contributed by atoms with Gasteiger partial charge >= 0.3 is 0 Å². The Bertz CT molecular complexity index is 253. The second-order valence-corrected chi connectivity index (χ2v) is 15.5. The molecule has 0 radical (unpaired) electrons. The fourth-order valence-corrected chi connectivity index (χ4v) is 18.4. The lowest BCUT2D eigenvalue weighted by Gasteiger charge is -2.58. The largest absolute Gasteiger partial charge is 0.307 e. The molecule has 0 aliphatic rings. The molecule has 0 aromatic carbocycles. The van der Waals surface area contributed by atoms with Crippen LogP contribution >= 0.6 is 0 Å². The van der Waals surface area contributed by atoms with Gasteiger partial charge in [-0.25, -0.2) is 0 Å². The SMILES string of the molecule is CC(C)(C)N([SiH]([SiH3])N(C(C)(C)C)C(C)(C)C)C(C)(C)C. The lowest BCUT2D eigenvalue weighted by molar-refractivity contribution is 0.0745. The van der Waals surface area contributed by atoms with Crippen LogP contribution < -0.4 is 0 Å². The first kappa shape index (κ1) is 20.4. The van der Waals surface area contributed by atoms with E-state index in [1.54, 1.807) is 0 Å². The Hall–Kier alpha value is 0.354. The van der Waals surface area contributed by atoms with Crippen molar-refractivity contribution in [2.75, 3.05) is 0 Å². The third kappa shape index (κ3) is 5.28. The van der Waals surface area contributed by atoms with Crippen molar-refractivity contribution in [3.05, 3.63) is 0 Å². The van der Waals surface area contributed by atoms with E-state index in [2.05, 4.69) is 92.2 Å². The predicted octanol–water partition coefficient (Wildman–Crippen LogP) is 2.87. The Morgan fingerprint density at radius 2 is 0.650 bits per heavy atom. The second-order valence-electron chi connectivity index (χ2n) is 10.1. The van der Waals surface area contributed by atoms with Crippen LogP contribution in [-0.4, -0.2) is 49.7 Å². The lowest BCUT2D eigenvalue weighted by atomic mass is 10.0. The molecule has 0 amide bonds. The highest BCUT2D eigenvalue weighted by Crippen LogP contribution is 2.32. The van der Waals surface area contributed by atoms with Crippen LogP contribution in [0.3, 0.4) is 0 Å². The average molecular weight is 317 g/mol. The van der Waals surface area contributed by atoms with E-state index in [0.29, 0.717) is 0 Å². The summed E-state index contributed by atoms with van der Waals surface area (Å²) in [7, 11) is 0.143. The molecule has 0 aromatic rings. The van der Waals surface area contributed by atoms with Crippen molar-refractivity contribution in [3.8, 4) is 0 Å². The van der Waals surface area contributed by atoms with Crippen molar-refractivity contribution >= 4 is 18.4 Å². The molecular formula is C16H40N2Si2. The maximum Gasteiger partial charge on any atom is 0.166 e. The number of hydrogen-bond acceptors (Lipinski definition) is 2. The van der Waals surface area contributed by atoms with Crippen LogP contribution in [0.25, 0.3) is 0 Å². The highest BCUT2D eigenvalue weighted by atomic mass is 29.2. The van der Waals surface area contributed by atoms with Gasteiger partial charge in [-0.1, -0.05) is 0 Å². The minimum Gasteiger partial charge on any atom is -0.307 e. The fraction of sp³-hybridized carbons (Fsp3) is 1.00. The Kier molecular flexibility index (Phi) is 5.96. The molecule has 20 heavy (non-hydrogen) atoms. The van der Waals surface area contributed by atoms with Gasteiger partial charge in [-0.15, -0.1) is 0 Å². The highest BCUT2D eigenvalue weighted by Gasteiger charge is 2.44. The maximum atomic E-state index is 2.84.